The summed E-state index contributed by atoms with van der Waals surface area (Å²) in [4.78, 5) is 0. The number of rotatable bonds is 4. The molecule has 0 aliphatic rings. The predicted molar refractivity (Wildman–Crippen MR) is 55.7 cm³/mol. The van der Waals surface area contributed by atoms with Gasteiger partial charge in [0.2, 0.25) is 0 Å². The fourth-order valence-corrected chi connectivity index (χ4v) is 1.10. The van der Waals surface area contributed by atoms with E-state index in [-0.39, 0.29) is 11.6 Å². The minimum absolute atomic E-state index is 0.265. The first kappa shape index (κ1) is 10.7. The standard InChI is InChI=1S/C11H14FNO/c1-14-11-6-5-9(8-10(11)12)4-2-3-7-13/h2,4-6,8H,3,7,13H2,1H3. The summed E-state index contributed by atoms with van der Waals surface area (Å²) in [5.74, 6) is -0.0802. The number of nitrogens with two attached hydrogens (primary N) is 1. The van der Waals surface area contributed by atoms with Crippen molar-refractivity contribution < 1.29 is 9.13 Å². The molecule has 0 spiro atoms. The second-order valence-corrected chi connectivity index (χ2v) is 2.87. The van der Waals surface area contributed by atoms with Crippen LogP contribution in [0.15, 0.2) is 24.3 Å². The number of methoxy groups -OCH3 is 1. The van der Waals surface area contributed by atoms with Crippen LogP contribution in [-0.2, 0) is 0 Å². The van der Waals surface area contributed by atoms with E-state index in [1.807, 2.05) is 12.2 Å². The molecule has 0 aliphatic heterocycles. The van der Waals surface area contributed by atoms with Gasteiger partial charge in [-0.2, -0.15) is 0 Å². The molecule has 0 saturated heterocycles. The van der Waals surface area contributed by atoms with Crippen LogP contribution in [-0.4, -0.2) is 13.7 Å². The third kappa shape index (κ3) is 2.85. The van der Waals surface area contributed by atoms with Crippen LogP contribution in [0.3, 0.4) is 0 Å². The fourth-order valence-electron chi connectivity index (χ4n) is 1.10. The molecule has 0 amide bonds. The first-order valence-corrected chi connectivity index (χ1v) is 4.48. The smallest absolute Gasteiger partial charge is 0.165 e. The molecule has 2 N–H and O–H groups in total. The first-order valence-electron chi connectivity index (χ1n) is 4.48. The molecule has 0 aliphatic carbocycles. The van der Waals surface area contributed by atoms with Crippen molar-refractivity contribution in [3.63, 3.8) is 0 Å². The lowest BCUT2D eigenvalue weighted by Gasteiger charge is -2.01. The molecule has 0 bridgehead atoms. The summed E-state index contributed by atoms with van der Waals surface area (Å²) in [6, 6.07) is 4.85. The molecule has 3 heteroatoms. The van der Waals surface area contributed by atoms with Gasteiger partial charge in [0.05, 0.1) is 7.11 Å². The van der Waals surface area contributed by atoms with E-state index in [0.29, 0.717) is 6.54 Å². The van der Waals surface area contributed by atoms with Crippen LogP contribution in [0.25, 0.3) is 6.08 Å². The Labute approximate surface area is 83.2 Å². The lowest BCUT2D eigenvalue weighted by Crippen LogP contribution is -1.95. The Morgan fingerprint density at radius 3 is 2.86 bits per heavy atom. The Morgan fingerprint density at radius 2 is 2.29 bits per heavy atom. The Bertz CT molecular complexity index is 323. The van der Waals surface area contributed by atoms with Crippen molar-refractivity contribution in [1.82, 2.24) is 0 Å². The Kier molecular flexibility index (Phi) is 4.13. The predicted octanol–water partition coefficient (Wildman–Crippen LogP) is 2.20. The summed E-state index contributed by atoms with van der Waals surface area (Å²) in [5.41, 5.74) is 6.14. The van der Waals surface area contributed by atoms with Crippen molar-refractivity contribution in [1.29, 1.82) is 0 Å². The highest BCUT2D eigenvalue weighted by Gasteiger charge is 2.00. The van der Waals surface area contributed by atoms with Crippen molar-refractivity contribution in [3.05, 3.63) is 35.7 Å². The molecular weight excluding hydrogens is 181 g/mol. The van der Waals surface area contributed by atoms with E-state index in [1.165, 1.54) is 13.2 Å². The van der Waals surface area contributed by atoms with Crippen molar-refractivity contribution >= 4 is 6.08 Å². The molecule has 1 rings (SSSR count). The van der Waals surface area contributed by atoms with Crippen LogP contribution in [0.4, 0.5) is 4.39 Å². The van der Waals surface area contributed by atoms with E-state index >= 15 is 0 Å². The molecule has 76 valence electrons. The van der Waals surface area contributed by atoms with E-state index in [4.69, 9.17) is 10.5 Å². The topological polar surface area (TPSA) is 35.2 Å². The number of benzene rings is 1. The number of halogens is 1. The van der Waals surface area contributed by atoms with Gasteiger partial charge >= 0.3 is 0 Å². The molecular formula is C11H14FNO. The lowest BCUT2D eigenvalue weighted by atomic mass is 10.2. The van der Waals surface area contributed by atoms with Crippen molar-refractivity contribution in [2.24, 2.45) is 5.73 Å². The van der Waals surface area contributed by atoms with E-state index in [2.05, 4.69) is 0 Å². The van der Waals surface area contributed by atoms with E-state index in [9.17, 15) is 4.39 Å². The molecule has 0 atom stereocenters. The minimum atomic E-state index is -0.345. The molecule has 0 unspecified atom stereocenters. The molecule has 14 heavy (non-hydrogen) atoms. The van der Waals surface area contributed by atoms with Crippen LogP contribution < -0.4 is 10.5 Å². The van der Waals surface area contributed by atoms with Gasteiger partial charge in [-0.15, -0.1) is 0 Å². The molecule has 1 aromatic carbocycles. The number of hydrogen-bond donors (Lipinski definition) is 1. The average Bonchev–Trinajstić information content (AvgIpc) is 2.18. The highest BCUT2D eigenvalue weighted by Crippen LogP contribution is 2.18. The summed E-state index contributed by atoms with van der Waals surface area (Å²) >= 11 is 0. The summed E-state index contributed by atoms with van der Waals surface area (Å²) in [7, 11) is 1.45. The van der Waals surface area contributed by atoms with Gasteiger partial charge in [-0.1, -0.05) is 18.2 Å². The van der Waals surface area contributed by atoms with Crippen LogP contribution in [0.1, 0.15) is 12.0 Å². The Hall–Kier alpha value is -1.35. The SMILES string of the molecule is COc1ccc(C=CCCN)cc1F. The zero-order valence-electron chi connectivity index (χ0n) is 8.16. The van der Waals surface area contributed by atoms with Crippen molar-refractivity contribution in [2.75, 3.05) is 13.7 Å². The zero-order valence-corrected chi connectivity index (χ0v) is 8.16. The summed E-state index contributed by atoms with van der Waals surface area (Å²) < 4.78 is 18.0. The largest absolute Gasteiger partial charge is 0.494 e. The molecule has 0 radical (unpaired) electrons. The van der Waals surface area contributed by atoms with Crippen LogP contribution in [0.5, 0.6) is 5.75 Å². The van der Waals surface area contributed by atoms with Gasteiger partial charge in [-0.25, -0.2) is 4.39 Å². The third-order valence-electron chi connectivity index (χ3n) is 1.82. The first-order chi connectivity index (χ1) is 6.77. The summed E-state index contributed by atoms with van der Waals surface area (Å²) in [6.07, 6.45) is 4.56. The molecule has 0 fully saturated rings. The molecule has 0 heterocycles. The molecule has 0 saturated carbocycles. The lowest BCUT2D eigenvalue weighted by molar-refractivity contribution is 0.386. The van der Waals surface area contributed by atoms with Gasteiger partial charge in [0, 0.05) is 0 Å². The zero-order chi connectivity index (χ0) is 10.4. The van der Waals surface area contributed by atoms with Crippen LogP contribution in [0.2, 0.25) is 0 Å². The second kappa shape index (κ2) is 5.40. The Balaban J connectivity index is 2.76. The van der Waals surface area contributed by atoms with Gasteiger partial charge in [-0.3, -0.25) is 0 Å². The van der Waals surface area contributed by atoms with E-state index in [0.717, 1.165) is 12.0 Å². The number of hydrogen-bond acceptors (Lipinski definition) is 2. The van der Waals surface area contributed by atoms with Gasteiger partial charge < -0.3 is 10.5 Å². The molecule has 2 nitrogen and oxygen atoms in total. The number of ether oxygens (including phenoxy) is 1. The normalized spacial score (nSPS) is 10.8. The monoisotopic (exact) mass is 195 g/mol. The highest BCUT2D eigenvalue weighted by molar-refractivity contribution is 5.50. The molecule has 0 aromatic heterocycles. The van der Waals surface area contributed by atoms with Gasteiger partial charge in [-0.05, 0) is 30.7 Å². The highest BCUT2D eigenvalue weighted by atomic mass is 19.1. The van der Waals surface area contributed by atoms with Crippen molar-refractivity contribution in [3.8, 4) is 5.75 Å². The van der Waals surface area contributed by atoms with Gasteiger partial charge in [0.25, 0.3) is 0 Å². The summed E-state index contributed by atoms with van der Waals surface area (Å²) in [5, 5.41) is 0. The summed E-state index contributed by atoms with van der Waals surface area (Å²) in [6.45, 7) is 0.606. The maximum atomic E-state index is 13.2. The third-order valence-corrected chi connectivity index (χ3v) is 1.82. The second-order valence-electron chi connectivity index (χ2n) is 2.87. The van der Waals surface area contributed by atoms with E-state index < -0.39 is 0 Å². The Morgan fingerprint density at radius 1 is 1.50 bits per heavy atom. The van der Waals surface area contributed by atoms with Gasteiger partial charge in [0.1, 0.15) is 0 Å². The van der Waals surface area contributed by atoms with E-state index in [1.54, 1.807) is 12.1 Å². The van der Waals surface area contributed by atoms with Crippen LogP contribution in [0, 0.1) is 5.82 Å². The average molecular weight is 195 g/mol. The quantitative estimate of drug-likeness (QED) is 0.799. The fraction of sp³-hybridized carbons (Fsp3) is 0.273. The maximum Gasteiger partial charge on any atom is 0.165 e. The molecule has 1 aromatic rings. The van der Waals surface area contributed by atoms with Crippen LogP contribution >= 0.6 is 0 Å². The minimum Gasteiger partial charge on any atom is -0.494 e. The van der Waals surface area contributed by atoms with Crippen molar-refractivity contribution in [2.45, 2.75) is 6.42 Å². The maximum absolute atomic E-state index is 13.2. The van der Waals surface area contributed by atoms with Gasteiger partial charge in [0.15, 0.2) is 11.6 Å².